The van der Waals surface area contributed by atoms with E-state index in [9.17, 15) is 4.79 Å². The molecule has 0 saturated carbocycles. The van der Waals surface area contributed by atoms with E-state index in [1.165, 1.54) is 64.2 Å². The number of allylic oxidation sites excluding steroid dienone is 12. The van der Waals surface area contributed by atoms with E-state index in [-0.39, 0.29) is 5.97 Å². The van der Waals surface area contributed by atoms with Crippen molar-refractivity contribution < 1.29 is 9.53 Å². The van der Waals surface area contributed by atoms with Crippen LogP contribution in [-0.2, 0) is 9.53 Å². The van der Waals surface area contributed by atoms with Crippen molar-refractivity contribution in [1.29, 1.82) is 0 Å². The molecule has 0 radical (unpaired) electrons. The smallest absolute Gasteiger partial charge is 0.305 e. The molecular formula is C36H60O2. The number of esters is 1. The summed E-state index contributed by atoms with van der Waals surface area (Å²) in [7, 11) is 0. The van der Waals surface area contributed by atoms with Gasteiger partial charge in [0.05, 0.1) is 6.61 Å². The van der Waals surface area contributed by atoms with Gasteiger partial charge in [0.15, 0.2) is 0 Å². The Bertz CT molecular complexity index is 663. The molecule has 0 heterocycles. The molecular weight excluding hydrogens is 464 g/mol. The van der Waals surface area contributed by atoms with Crippen molar-refractivity contribution in [3.63, 3.8) is 0 Å². The highest BCUT2D eigenvalue weighted by Crippen LogP contribution is 2.10. The first-order chi connectivity index (χ1) is 18.8. The maximum absolute atomic E-state index is 11.9. The zero-order valence-corrected chi connectivity index (χ0v) is 25.1. The molecule has 0 fully saturated rings. The van der Waals surface area contributed by atoms with Crippen LogP contribution in [0, 0.1) is 0 Å². The van der Waals surface area contributed by atoms with Gasteiger partial charge in [0, 0.05) is 6.42 Å². The van der Waals surface area contributed by atoms with Crippen LogP contribution in [-0.4, -0.2) is 12.6 Å². The molecule has 0 unspecified atom stereocenters. The van der Waals surface area contributed by atoms with Gasteiger partial charge in [-0.05, 0) is 77.0 Å². The second-order valence-electron chi connectivity index (χ2n) is 10.1. The van der Waals surface area contributed by atoms with E-state index >= 15 is 0 Å². The molecule has 0 bridgehead atoms. The van der Waals surface area contributed by atoms with Gasteiger partial charge in [0.1, 0.15) is 0 Å². The summed E-state index contributed by atoms with van der Waals surface area (Å²) in [4.78, 5) is 11.9. The van der Waals surface area contributed by atoms with E-state index in [1.807, 2.05) is 0 Å². The molecule has 0 aliphatic heterocycles. The zero-order valence-electron chi connectivity index (χ0n) is 25.1. The SMILES string of the molecule is CCC=CCC=CCC=CCCCCCCCCOC(=O)CCCCCCC=CCC=CCC=CCCC. The van der Waals surface area contributed by atoms with Gasteiger partial charge in [-0.1, -0.05) is 132 Å². The molecule has 2 nitrogen and oxygen atoms in total. The molecule has 0 saturated heterocycles. The van der Waals surface area contributed by atoms with E-state index in [1.54, 1.807) is 0 Å². The van der Waals surface area contributed by atoms with Crippen molar-refractivity contribution in [2.75, 3.05) is 6.61 Å². The van der Waals surface area contributed by atoms with E-state index < -0.39 is 0 Å². The third-order valence-corrected chi connectivity index (χ3v) is 6.31. The Morgan fingerprint density at radius 2 is 0.895 bits per heavy atom. The van der Waals surface area contributed by atoms with Gasteiger partial charge in [0.25, 0.3) is 0 Å². The van der Waals surface area contributed by atoms with Gasteiger partial charge >= 0.3 is 5.97 Å². The molecule has 0 aliphatic carbocycles. The third kappa shape index (κ3) is 31.9. The largest absolute Gasteiger partial charge is 0.466 e. The van der Waals surface area contributed by atoms with Gasteiger partial charge in [0.2, 0.25) is 0 Å². The van der Waals surface area contributed by atoms with Crippen LogP contribution < -0.4 is 0 Å². The van der Waals surface area contributed by atoms with Crippen LogP contribution in [0.1, 0.15) is 142 Å². The van der Waals surface area contributed by atoms with Crippen molar-refractivity contribution in [3.8, 4) is 0 Å². The lowest BCUT2D eigenvalue weighted by Crippen LogP contribution is -2.05. The van der Waals surface area contributed by atoms with Crippen LogP contribution in [0.3, 0.4) is 0 Å². The number of unbranched alkanes of at least 4 members (excludes halogenated alkanes) is 11. The Labute approximate surface area is 237 Å². The second-order valence-corrected chi connectivity index (χ2v) is 10.1. The van der Waals surface area contributed by atoms with Crippen LogP contribution in [0.5, 0.6) is 0 Å². The molecule has 0 spiro atoms. The molecule has 2 heteroatoms. The maximum atomic E-state index is 11.9. The van der Waals surface area contributed by atoms with E-state index in [2.05, 4.69) is 86.8 Å². The lowest BCUT2D eigenvalue weighted by Gasteiger charge is -2.05. The summed E-state index contributed by atoms with van der Waals surface area (Å²) >= 11 is 0. The predicted molar refractivity (Wildman–Crippen MR) is 169 cm³/mol. The van der Waals surface area contributed by atoms with Gasteiger partial charge in [-0.2, -0.15) is 0 Å². The first-order valence-corrected chi connectivity index (χ1v) is 15.9. The number of hydrogen-bond donors (Lipinski definition) is 0. The zero-order chi connectivity index (χ0) is 27.6. The average Bonchev–Trinajstić information content (AvgIpc) is 2.92. The van der Waals surface area contributed by atoms with Crippen LogP contribution >= 0.6 is 0 Å². The summed E-state index contributed by atoms with van der Waals surface area (Å²) < 4.78 is 5.40. The Kier molecular flexibility index (Phi) is 31.1. The Morgan fingerprint density at radius 1 is 0.474 bits per heavy atom. The topological polar surface area (TPSA) is 26.3 Å². The van der Waals surface area contributed by atoms with Crippen LogP contribution in [0.4, 0.5) is 0 Å². The molecule has 0 rings (SSSR count). The molecule has 0 aromatic rings. The van der Waals surface area contributed by atoms with Crippen molar-refractivity contribution in [2.24, 2.45) is 0 Å². The maximum Gasteiger partial charge on any atom is 0.305 e. The Hall–Kier alpha value is -2.09. The summed E-state index contributed by atoms with van der Waals surface area (Å²) in [5, 5.41) is 0. The van der Waals surface area contributed by atoms with Gasteiger partial charge < -0.3 is 4.74 Å². The molecule has 0 N–H and O–H groups in total. The number of carbonyl (C=O) groups excluding carboxylic acids is 1. The van der Waals surface area contributed by atoms with E-state index in [0.29, 0.717) is 13.0 Å². The quantitative estimate of drug-likeness (QED) is 0.0606. The summed E-state index contributed by atoms with van der Waals surface area (Å²) in [5.41, 5.74) is 0. The summed E-state index contributed by atoms with van der Waals surface area (Å²) in [6.07, 6.45) is 49.4. The fraction of sp³-hybridized carbons (Fsp3) is 0.639. The number of ether oxygens (including phenoxy) is 1. The molecule has 0 aromatic carbocycles. The number of hydrogen-bond acceptors (Lipinski definition) is 2. The summed E-state index contributed by atoms with van der Waals surface area (Å²) in [6, 6.07) is 0. The monoisotopic (exact) mass is 524 g/mol. The van der Waals surface area contributed by atoms with Crippen molar-refractivity contribution >= 4 is 5.97 Å². The molecule has 0 aliphatic rings. The molecule has 0 atom stereocenters. The molecule has 216 valence electrons. The van der Waals surface area contributed by atoms with Crippen LogP contribution in [0.2, 0.25) is 0 Å². The standard InChI is InChI=1S/C36H60O2/c1-3-5-7-9-11-13-15-17-19-21-23-25-27-29-31-33-35-38-36(37)34-32-30-28-26-24-22-20-18-16-14-12-10-8-6-4-2/h5,7-8,10-11,13-14,16-17,19-20,22H,3-4,6,9,12,15,18,21,23-35H2,1-2H3. The van der Waals surface area contributed by atoms with Crippen molar-refractivity contribution in [1.82, 2.24) is 0 Å². The number of carbonyl (C=O) groups is 1. The van der Waals surface area contributed by atoms with E-state index in [4.69, 9.17) is 4.74 Å². The summed E-state index contributed by atoms with van der Waals surface area (Å²) in [6.45, 7) is 4.97. The number of rotatable bonds is 27. The van der Waals surface area contributed by atoms with Gasteiger partial charge in [-0.25, -0.2) is 0 Å². The second kappa shape index (κ2) is 32.9. The lowest BCUT2D eigenvalue weighted by atomic mass is 10.1. The van der Waals surface area contributed by atoms with E-state index in [0.717, 1.165) is 57.8 Å². The molecule has 0 aromatic heterocycles. The van der Waals surface area contributed by atoms with Crippen molar-refractivity contribution in [2.45, 2.75) is 142 Å². The minimum Gasteiger partial charge on any atom is -0.466 e. The highest BCUT2D eigenvalue weighted by atomic mass is 16.5. The summed E-state index contributed by atoms with van der Waals surface area (Å²) in [5.74, 6) is -0.0136. The highest BCUT2D eigenvalue weighted by Gasteiger charge is 2.02. The predicted octanol–water partition coefficient (Wildman–Crippen LogP) is 11.7. The van der Waals surface area contributed by atoms with Crippen LogP contribution in [0.25, 0.3) is 0 Å². The van der Waals surface area contributed by atoms with Gasteiger partial charge in [-0.3, -0.25) is 4.79 Å². The fourth-order valence-corrected chi connectivity index (χ4v) is 3.99. The van der Waals surface area contributed by atoms with Gasteiger partial charge in [-0.15, -0.1) is 0 Å². The third-order valence-electron chi connectivity index (χ3n) is 6.31. The molecule has 0 amide bonds. The highest BCUT2D eigenvalue weighted by molar-refractivity contribution is 5.69. The Morgan fingerprint density at radius 3 is 1.42 bits per heavy atom. The fourth-order valence-electron chi connectivity index (χ4n) is 3.99. The molecule has 38 heavy (non-hydrogen) atoms. The van der Waals surface area contributed by atoms with Crippen LogP contribution in [0.15, 0.2) is 72.9 Å². The average molecular weight is 525 g/mol. The van der Waals surface area contributed by atoms with Crippen molar-refractivity contribution in [3.05, 3.63) is 72.9 Å². The minimum atomic E-state index is -0.0136. The lowest BCUT2D eigenvalue weighted by molar-refractivity contribution is -0.143. The first kappa shape index (κ1) is 35.9. The Balaban J connectivity index is 3.34. The normalized spacial score (nSPS) is 12.6. The first-order valence-electron chi connectivity index (χ1n) is 15.9. The minimum absolute atomic E-state index is 0.0136.